The summed E-state index contributed by atoms with van der Waals surface area (Å²) in [5, 5.41) is 10.1. The Morgan fingerprint density at radius 3 is 2.49 bits per heavy atom. The van der Waals surface area contributed by atoms with Crippen LogP contribution in [-0.2, 0) is 33.9 Å². The van der Waals surface area contributed by atoms with E-state index < -0.39 is 29.7 Å². The van der Waals surface area contributed by atoms with Crippen LogP contribution in [0.15, 0.2) is 85.1 Å². The molecule has 1 unspecified atom stereocenters. The molecule has 0 radical (unpaired) electrons. The highest BCUT2D eigenvalue weighted by molar-refractivity contribution is 6.08. The molecule has 2 aromatic heterocycles. The number of pyridine rings is 1. The van der Waals surface area contributed by atoms with Gasteiger partial charge in [0.1, 0.15) is 18.2 Å². The van der Waals surface area contributed by atoms with Crippen LogP contribution in [0, 0.1) is 0 Å². The van der Waals surface area contributed by atoms with Gasteiger partial charge < -0.3 is 20.1 Å². The van der Waals surface area contributed by atoms with E-state index in [1.54, 1.807) is 6.20 Å². The van der Waals surface area contributed by atoms with Gasteiger partial charge in [-0.05, 0) is 54.3 Å². The van der Waals surface area contributed by atoms with Crippen molar-refractivity contribution in [3.63, 3.8) is 0 Å². The molecule has 248 valence electrons. The van der Waals surface area contributed by atoms with Gasteiger partial charge in [0.2, 0.25) is 17.7 Å². The first-order valence-electron chi connectivity index (χ1n) is 15.9. The molecule has 1 aliphatic heterocycles. The zero-order chi connectivity index (χ0) is 34.5. The molecule has 1 aliphatic rings. The molecule has 5 aromatic rings. The van der Waals surface area contributed by atoms with Gasteiger partial charge in [-0.1, -0.05) is 48.5 Å². The van der Waals surface area contributed by atoms with Gasteiger partial charge >= 0.3 is 0 Å². The molecule has 0 saturated carbocycles. The predicted molar refractivity (Wildman–Crippen MR) is 182 cm³/mol. The normalized spacial score (nSPS) is 14.3. The van der Waals surface area contributed by atoms with Crippen LogP contribution in [0.25, 0.3) is 21.9 Å². The van der Waals surface area contributed by atoms with Gasteiger partial charge in [0, 0.05) is 54.7 Å². The smallest absolute Gasteiger partial charge is 0.255 e. The Morgan fingerprint density at radius 1 is 0.959 bits per heavy atom. The molecule has 0 aliphatic carbocycles. The van der Waals surface area contributed by atoms with Crippen LogP contribution < -0.4 is 16.0 Å². The third-order valence-corrected chi connectivity index (χ3v) is 8.71. The lowest BCUT2D eigenvalue weighted by Crippen LogP contribution is -2.53. The highest BCUT2D eigenvalue weighted by atomic mass is 16.2. The number of benzene rings is 3. The SMILES string of the molecule is CN(C(=O)c1cc(C(=O)NCc2ccc(CCNC(=O)Cn3c4ccccc4c4cccnc43)cc2)ccc1C=O)C1CCC(=O)NC1=O. The molecule has 1 saturated heterocycles. The zero-order valence-electron chi connectivity index (χ0n) is 26.8. The number of hydrogen-bond donors (Lipinski definition) is 3. The maximum Gasteiger partial charge on any atom is 0.255 e. The summed E-state index contributed by atoms with van der Waals surface area (Å²) < 4.78 is 1.93. The fraction of sp³-hybridized carbons (Fsp3) is 0.216. The summed E-state index contributed by atoms with van der Waals surface area (Å²) in [6.45, 7) is 0.831. The summed E-state index contributed by atoms with van der Waals surface area (Å²) in [5.74, 6) is -2.15. The molecule has 6 rings (SSSR count). The molecular weight excluding hydrogens is 624 g/mol. The number of nitrogens with one attached hydrogen (secondary N) is 3. The van der Waals surface area contributed by atoms with Crippen molar-refractivity contribution in [1.29, 1.82) is 0 Å². The lowest BCUT2D eigenvalue weighted by molar-refractivity contribution is -0.136. The largest absolute Gasteiger partial charge is 0.354 e. The number of carbonyl (C=O) groups excluding carboxylic acids is 6. The maximum absolute atomic E-state index is 13.3. The fourth-order valence-electron chi connectivity index (χ4n) is 6.06. The summed E-state index contributed by atoms with van der Waals surface area (Å²) in [5.41, 5.74) is 3.83. The molecule has 0 spiro atoms. The lowest BCUT2D eigenvalue weighted by Gasteiger charge is -2.30. The second-order valence-electron chi connectivity index (χ2n) is 11.9. The maximum atomic E-state index is 13.3. The van der Waals surface area contributed by atoms with Crippen LogP contribution in [0.1, 0.15) is 55.0 Å². The van der Waals surface area contributed by atoms with E-state index in [0.717, 1.165) is 33.1 Å². The van der Waals surface area contributed by atoms with Crippen LogP contribution in [0.5, 0.6) is 0 Å². The number of para-hydroxylation sites is 1. The molecular formula is C37H34N6O6. The van der Waals surface area contributed by atoms with E-state index in [2.05, 4.69) is 20.9 Å². The first-order valence-corrected chi connectivity index (χ1v) is 15.9. The number of piperidine rings is 1. The molecule has 5 amide bonds. The number of imide groups is 1. The fourth-order valence-corrected chi connectivity index (χ4v) is 6.06. The Bertz CT molecular complexity index is 2050. The summed E-state index contributed by atoms with van der Waals surface area (Å²) in [6, 6.07) is 22.8. The van der Waals surface area contributed by atoms with E-state index in [4.69, 9.17) is 0 Å². The third-order valence-electron chi connectivity index (χ3n) is 8.71. The predicted octanol–water partition coefficient (Wildman–Crippen LogP) is 3.17. The highest BCUT2D eigenvalue weighted by Crippen LogP contribution is 2.27. The molecule has 1 atom stereocenters. The van der Waals surface area contributed by atoms with Crippen molar-refractivity contribution in [2.24, 2.45) is 0 Å². The van der Waals surface area contributed by atoms with E-state index >= 15 is 0 Å². The molecule has 0 bridgehead atoms. The van der Waals surface area contributed by atoms with Crippen LogP contribution in [0.3, 0.4) is 0 Å². The standard InChI is InChI=1S/C37H34N6O6/c1-42(31-14-15-32(45)41-36(31)48)37(49)29-19-25(12-13-26(29)22-44)35(47)40-20-24-10-8-23(9-11-24)16-18-38-33(46)21-43-30-7-3-2-5-27(30)28-6-4-17-39-34(28)43/h2-13,17,19,22,31H,14-16,18,20-21H2,1H3,(H,38,46)(H,40,47)(H,41,45,48). The van der Waals surface area contributed by atoms with E-state index in [1.807, 2.05) is 65.2 Å². The van der Waals surface area contributed by atoms with Crippen molar-refractivity contribution in [3.05, 3.63) is 113 Å². The zero-order valence-corrected chi connectivity index (χ0v) is 26.8. The second-order valence-corrected chi connectivity index (χ2v) is 11.9. The van der Waals surface area contributed by atoms with Crippen molar-refractivity contribution in [2.75, 3.05) is 13.6 Å². The Morgan fingerprint density at radius 2 is 1.71 bits per heavy atom. The number of aldehydes is 1. The average Bonchev–Trinajstić information content (AvgIpc) is 3.43. The summed E-state index contributed by atoms with van der Waals surface area (Å²) >= 11 is 0. The molecule has 12 nitrogen and oxygen atoms in total. The number of fused-ring (bicyclic) bond motifs is 3. The summed E-state index contributed by atoms with van der Waals surface area (Å²) in [6.07, 6.45) is 3.12. The Kier molecular flexibility index (Phi) is 9.56. The van der Waals surface area contributed by atoms with Gasteiger partial charge in [0.25, 0.3) is 11.8 Å². The summed E-state index contributed by atoms with van der Waals surface area (Å²) in [7, 11) is 1.42. The number of nitrogens with zero attached hydrogens (tertiary/aromatic N) is 3. The number of rotatable bonds is 11. The first-order chi connectivity index (χ1) is 23.7. The van der Waals surface area contributed by atoms with Crippen molar-refractivity contribution >= 4 is 57.8 Å². The van der Waals surface area contributed by atoms with Crippen molar-refractivity contribution in [1.82, 2.24) is 30.4 Å². The van der Waals surface area contributed by atoms with Crippen molar-refractivity contribution in [3.8, 4) is 0 Å². The minimum absolute atomic E-state index is 0.0157. The third kappa shape index (κ3) is 7.08. The number of carbonyl (C=O) groups is 6. The van der Waals surface area contributed by atoms with Crippen LogP contribution in [0.4, 0.5) is 0 Å². The molecule has 3 heterocycles. The molecule has 1 fully saturated rings. The number of hydrogen-bond acceptors (Lipinski definition) is 7. The van der Waals surface area contributed by atoms with Crippen LogP contribution in [0.2, 0.25) is 0 Å². The quantitative estimate of drug-likeness (QED) is 0.145. The topological polar surface area (TPSA) is 160 Å². The monoisotopic (exact) mass is 658 g/mol. The van der Waals surface area contributed by atoms with Gasteiger partial charge in [-0.2, -0.15) is 0 Å². The Labute approximate surface area is 281 Å². The Balaban J connectivity index is 1.01. The van der Waals surface area contributed by atoms with Crippen LogP contribution in [-0.4, -0.2) is 69.9 Å². The van der Waals surface area contributed by atoms with Crippen molar-refractivity contribution < 1.29 is 28.8 Å². The number of likely N-dealkylation sites (N-methyl/N-ethyl adjacent to an activating group) is 1. The van der Waals surface area contributed by atoms with E-state index in [-0.39, 0.29) is 48.5 Å². The summed E-state index contributed by atoms with van der Waals surface area (Å²) in [4.78, 5) is 80.3. The molecule has 12 heteroatoms. The van der Waals surface area contributed by atoms with E-state index in [1.165, 1.54) is 30.1 Å². The first kappa shape index (κ1) is 32.8. The van der Waals surface area contributed by atoms with E-state index in [9.17, 15) is 28.8 Å². The molecule has 49 heavy (non-hydrogen) atoms. The lowest BCUT2D eigenvalue weighted by atomic mass is 10.00. The molecule has 3 N–H and O–H groups in total. The number of aromatic nitrogens is 2. The average molecular weight is 659 g/mol. The minimum Gasteiger partial charge on any atom is -0.354 e. The number of amides is 5. The van der Waals surface area contributed by atoms with Gasteiger partial charge in [0.05, 0.1) is 11.1 Å². The van der Waals surface area contributed by atoms with Gasteiger partial charge in [-0.15, -0.1) is 0 Å². The van der Waals surface area contributed by atoms with E-state index in [0.29, 0.717) is 19.3 Å². The second kappa shape index (κ2) is 14.3. The van der Waals surface area contributed by atoms with Crippen molar-refractivity contribution in [2.45, 2.75) is 38.4 Å². The van der Waals surface area contributed by atoms with Crippen LogP contribution >= 0.6 is 0 Å². The molecule has 3 aromatic carbocycles. The van der Waals surface area contributed by atoms with Gasteiger partial charge in [-0.25, -0.2) is 4.98 Å². The van der Waals surface area contributed by atoms with Gasteiger partial charge in [-0.3, -0.25) is 34.1 Å². The minimum atomic E-state index is -0.870. The Hall–Kier alpha value is -6.17. The highest BCUT2D eigenvalue weighted by Gasteiger charge is 2.33. The van der Waals surface area contributed by atoms with Gasteiger partial charge in [0.15, 0.2) is 6.29 Å².